The molecule has 0 bridgehead atoms. The Bertz CT molecular complexity index is 1210. The normalized spacial score (nSPS) is 24.5. The van der Waals surface area contributed by atoms with Crippen LogP contribution in [0.1, 0.15) is 80.4 Å². The van der Waals surface area contributed by atoms with Gasteiger partial charge in [-0.3, -0.25) is 19.2 Å². The topological polar surface area (TPSA) is 116 Å². The predicted molar refractivity (Wildman–Crippen MR) is 145 cm³/mol. The number of carbonyl (C=O) groups excluding carboxylic acids is 4. The van der Waals surface area contributed by atoms with E-state index < -0.39 is 54.2 Å². The summed E-state index contributed by atoms with van der Waals surface area (Å²) < 4.78 is 16.9. The summed E-state index contributed by atoms with van der Waals surface area (Å²) >= 11 is 6.55. The average molecular weight is 559 g/mol. The van der Waals surface area contributed by atoms with Gasteiger partial charge in [-0.1, -0.05) is 61.3 Å². The summed E-state index contributed by atoms with van der Waals surface area (Å²) in [6.45, 7) is 7.13. The minimum Gasteiger partial charge on any atom is -0.458 e. The molecule has 0 saturated heterocycles. The van der Waals surface area contributed by atoms with Crippen molar-refractivity contribution >= 4 is 35.3 Å². The monoisotopic (exact) mass is 558 g/mol. The molecule has 2 aromatic rings. The number of aliphatic hydroxyl groups excluding tert-OH is 1. The van der Waals surface area contributed by atoms with Gasteiger partial charge in [-0.2, -0.15) is 0 Å². The molecule has 3 rings (SSSR count). The Balaban J connectivity index is 2.09. The maximum Gasteiger partial charge on any atom is 0.303 e. The molecule has 1 fully saturated rings. The zero-order chi connectivity index (χ0) is 28.9. The van der Waals surface area contributed by atoms with Crippen molar-refractivity contribution in [1.82, 2.24) is 0 Å². The minimum absolute atomic E-state index is 0.0274. The molecule has 0 heterocycles. The van der Waals surface area contributed by atoms with Gasteiger partial charge in [0.25, 0.3) is 0 Å². The van der Waals surface area contributed by atoms with E-state index in [-0.39, 0.29) is 5.78 Å². The van der Waals surface area contributed by atoms with Gasteiger partial charge < -0.3 is 19.3 Å². The molecule has 0 radical (unpaired) electrons. The van der Waals surface area contributed by atoms with Gasteiger partial charge >= 0.3 is 17.9 Å². The SMILES string of the molecule is CCCC1C(O)C(c2ccc(Cl)c(Cc3ccc(C(C)=O)cc3)c2)C(OC(C)=O)C(OC(C)=O)C1OC(C)=O. The summed E-state index contributed by atoms with van der Waals surface area (Å²) in [5.74, 6) is -3.28. The van der Waals surface area contributed by atoms with Crippen LogP contribution in [0.3, 0.4) is 0 Å². The number of carbonyl (C=O) groups is 4. The van der Waals surface area contributed by atoms with Crippen molar-refractivity contribution in [3.63, 3.8) is 0 Å². The molecule has 6 atom stereocenters. The number of benzene rings is 2. The second-order valence-electron chi connectivity index (χ2n) is 9.97. The highest BCUT2D eigenvalue weighted by molar-refractivity contribution is 6.31. The van der Waals surface area contributed by atoms with Gasteiger partial charge in [0, 0.05) is 37.3 Å². The number of hydrogen-bond acceptors (Lipinski definition) is 8. The van der Waals surface area contributed by atoms with Crippen LogP contribution in [0.5, 0.6) is 0 Å². The Labute approximate surface area is 233 Å². The van der Waals surface area contributed by atoms with E-state index in [1.165, 1.54) is 27.7 Å². The standard InChI is InChI=1S/C30H35ClO8/c1-6-7-24-27(36)26(29(38-18(4)34)30(39-19(5)35)28(24)37-17(3)33)22-12-13-25(31)23(15-22)14-20-8-10-21(11-9-20)16(2)32/h8-13,15,24,26-30,36H,6-7,14H2,1-5H3. The summed E-state index contributed by atoms with van der Waals surface area (Å²) in [4.78, 5) is 48.0. The number of hydrogen-bond donors (Lipinski definition) is 1. The summed E-state index contributed by atoms with van der Waals surface area (Å²) in [5, 5.41) is 12.2. The zero-order valence-electron chi connectivity index (χ0n) is 22.8. The molecular formula is C30H35ClO8. The highest BCUT2D eigenvalue weighted by Crippen LogP contribution is 2.44. The molecule has 39 heavy (non-hydrogen) atoms. The summed E-state index contributed by atoms with van der Waals surface area (Å²) in [5.41, 5.74) is 2.93. The van der Waals surface area contributed by atoms with E-state index in [0.717, 1.165) is 11.1 Å². The van der Waals surface area contributed by atoms with Crippen LogP contribution >= 0.6 is 11.6 Å². The zero-order valence-corrected chi connectivity index (χ0v) is 23.6. The number of esters is 3. The van der Waals surface area contributed by atoms with Crippen LogP contribution in [-0.2, 0) is 35.0 Å². The smallest absolute Gasteiger partial charge is 0.303 e. The lowest BCUT2D eigenvalue weighted by atomic mass is 9.68. The van der Waals surface area contributed by atoms with Gasteiger partial charge in [-0.25, -0.2) is 0 Å². The van der Waals surface area contributed by atoms with Crippen LogP contribution in [-0.4, -0.2) is 53.2 Å². The van der Waals surface area contributed by atoms with Gasteiger partial charge in [0.05, 0.1) is 12.0 Å². The predicted octanol–water partition coefficient (Wildman–Crippen LogP) is 4.80. The largest absolute Gasteiger partial charge is 0.458 e. The van der Waals surface area contributed by atoms with Crippen LogP contribution in [0.15, 0.2) is 42.5 Å². The number of Topliss-reactive ketones (excluding diaryl/α,β-unsaturated/α-hetero) is 1. The minimum atomic E-state index is -1.13. The third-order valence-corrected chi connectivity index (χ3v) is 7.34. The summed E-state index contributed by atoms with van der Waals surface area (Å²) in [6, 6.07) is 12.5. The Morgan fingerprint density at radius 2 is 1.38 bits per heavy atom. The van der Waals surface area contributed by atoms with E-state index in [1.54, 1.807) is 24.3 Å². The maximum atomic E-state index is 12.2. The van der Waals surface area contributed by atoms with Crippen LogP contribution in [0.2, 0.25) is 5.02 Å². The summed E-state index contributed by atoms with van der Waals surface area (Å²) in [7, 11) is 0. The van der Waals surface area contributed by atoms with Crippen molar-refractivity contribution in [3.8, 4) is 0 Å². The Morgan fingerprint density at radius 3 is 1.92 bits per heavy atom. The molecular weight excluding hydrogens is 524 g/mol. The fourth-order valence-corrected chi connectivity index (χ4v) is 5.55. The molecule has 0 spiro atoms. The lowest BCUT2D eigenvalue weighted by molar-refractivity contribution is -0.214. The number of halogens is 1. The van der Waals surface area contributed by atoms with Crippen molar-refractivity contribution in [2.45, 2.75) is 84.2 Å². The molecule has 8 nitrogen and oxygen atoms in total. The van der Waals surface area contributed by atoms with E-state index in [1.807, 2.05) is 25.1 Å². The van der Waals surface area contributed by atoms with E-state index in [4.69, 9.17) is 25.8 Å². The quantitative estimate of drug-likeness (QED) is 0.265. The van der Waals surface area contributed by atoms with E-state index in [2.05, 4.69) is 0 Å². The van der Waals surface area contributed by atoms with Crippen molar-refractivity contribution in [2.24, 2.45) is 5.92 Å². The molecule has 2 aromatic carbocycles. The molecule has 1 saturated carbocycles. The number of ether oxygens (including phenoxy) is 3. The second-order valence-corrected chi connectivity index (χ2v) is 10.4. The first-order valence-electron chi connectivity index (χ1n) is 13.0. The van der Waals surface area contributed by atoms with Crippen LogP contribution in [0.4, 0.5) is 0 Å². The fourth-order valence-electron chi connectivity index (χ4n) is 5.36. The average Bonchev–Trinajstić information content (AvgIpc) is 2.85. The molecule has 9 heteroatoms. The number of ketones is 1. The first-order valence-corrected chi connectivity index (χ1v) is 13.4. The lowest BCUT2D eigenvalue weighted by Crippen LogP contribution is -2.60. The number of aliphatic hydroxyl groups is 1. The van der Waals surface area contributed by atoms with E-state index in [0.29, 0.717) is 35.4 Å². The van der Waals surface area contributed by atoms with Crippen LogP contribution in [0.25, 0.3) is 0 Å². The van der Waals surface area contributed by atoms with Gasteiger partial charge in [-0.05, 0) is 42.5 Å². The molecule has 1 aliphatic rings. The van der Waals surface area contributed by atoms with Crippen molar-refractivity contribution in [3.05, 3.63) is 69.7 Å². The molecule has 210 valence electrons. The van der Waals surface area contributed by atoms with Gasteiger partial charge in [0.2, 0.25) is 0 Å². The highest BCUT2D eigenvalue weighted by Gasteiger charge is 2.55. The van der Waals surface area contributed by atoms with Gasteiger partial charge in [0.15, 0.2) is 18.0 Å². The van der Waals surface area contributed by atoms with Crippen LogP contribution in [0, 0.1) is 5.92 Å². The maximum absolute atomic E-state index is 12.2. The van der Waals surface area contributed by atoms with E-state index >= 15 is 0 Å². The molecule has 0 amide bonds. The summed E-state index contributed by atoms with van der Waals surface area (Å²) in [6.07, 6.45) is -2.75. The third kappa shape index (κ3) is 7.46. The molecule has 0 aromatic heterocycles. The molecule has 6 unspecified atom stereocenters. The van der Waals surface area contributed by atoms with Crippen molar-refractivity contribution < 1.29 is 38.5 Å². The first-order chi connectivity index (χ1) is 18.4. The van der Waals surface area contributed by atoms with Crippen molar-refractivity contribution in [1.29, 1.82) is 0 Å². The fraction of sp³-hybridized carbons (Fsp3) is 0.467. The Hall–Kier alpha value is -3.23. The van der Waals surface area contributed by atoms with E-state index in [9.17, 15) is 24.3 Å². The molecule has 0 aliphatic heterocycles. The third-order valence-electron chi connectivity index (χ3n) is 6.97. The van der Waals surface area contributed by atoms with Gasteiger partial charge in [-0.15, -0.1) is 0 Å². The van der Waals surface area contributed by atoms with Crippen molar-refractivity contribution in [2.75, 3.05) is 0 Å². The van der Waals surface area contributed by atoms with Gasteiger partial charge in [0.1, 0.15) is 6.10 Å². The molecule has 1 N–H and O–H groups in total. The first kappa shape index (κ1) is 30.3. The van der Waals surface area contributed by atoms with Crippen LogP contribution < -0.4 is 0 Å². The number of rotatable bonds is 9. The second kappa shape index (κ2) is 13.2. The highest BCUT2D eigenvalue weighted by atomic mass is 35.5. The Kier molecular flexibility index (Phi) is 10.3. The lowest BCUT2D eigenvalue weighted by Gasteiger charge is -2.48. The molecule has 1 aliphatic carbocycles. The Morgan fingerprint density at radius 1 is 0.821 bits per heavy atom.